The zero-order valence-electron chi connectivity index (χ0n) is 17.7. The van der Waals surface area contributed by atoms with Crippen LogP contribution in [0.2, 0.25) is 0 Å². The molecule has 0 bridgehead atoms. The third-order valence-electron chi connectivity index (χ3n) is 4.82. The minimum Gasteiger partial charge on any atom is -0.494 e. The number of halogens is 1. The van der Waals surface area contributed by atoms with Crippen LogP contribution >= 0.6 is 0 Å². The first-order valence-electron chi connectivity index (χ1n) is 10.00. The summed E-state index contributed by atoms with van der Waals surface area (Å²) >= 11 is 0. The molecule has 4 rings (SSSR count). The van der Waals surface area contributed by atoms with Crippen LogP contribution in [0.15, 0.2) is 88.3 Å². The van der Waals surface area contributed by atoms with Gasteiger partial charge in [-0.3, -0.25) is 4.72 Å². The van der Waals surface area contributed by atoms with Gasteiger partial charge in [-0.05, 0) is 35.9 Å². The van der Waals surface area contributed by atoms with E-state index in [2.05, 4.69) is 9.88 Å². The van der Waals surface area contributed by atoms with E-state index in [0.717, 1.165) is 5.56 Å². The molecule has 170 valence electrons. The van der Waals surface area contributed by atoms with Gasteiger partial charge in [0.15, 0.2) is 17.3 Å². The molecule has 0 spiro atoms. The molecule has 0 saturated carbocycles. The third-order valence-corrected chi connectivity index (χ3v) is 6.19. The molecule has 0 aliphatic carbocycles. The van der Waals surface area contributed by atoms with Crippen molar-refractivity contribution in [2.75, 3.05) is 11.8 Å². The number of aromatic nitrogens is 1. The highest BCUT2D eigenvalue weighted by Gasteiger charge is 2.24. The average Bonchev–Trinajstić information content (AvgIpc) is 3.22. The smallest absolute Gasteiger partial charge is 0.262 e. The summed E-state index contributed by atoms with van der Waals surface area (Å²) in [4.78, 5) is 0.0641. The van der Waals surface area contributed by atoms with E-state index in [-0.39, 0.29) is 34.4 Å². The highest BCUT2D eigenvalue weighted by Crippen LogP contribution is 2.34. The van der Waals surface area contributed by atoms with Gasteiger partial charge in [-0.2, -0.15) is 0 Å². The Morgan fingerprint density at radius 3 is 2.33 bits per heavy atom. The Bertz CT molecular complexity index is 1330. The lowest BCUT2D eigenvalue weighted by atomic mass is 10.1. The molecule has 33 heavy (non-hydrogen) atoms. The number of methoxy groups -OCH3 is 1. The lowest BCUT2D eigenvalue weighted by Crippen LogP contribution is -2.14. The van der Waals surface area contributed by atoms with E-state index in [1.165, 1.54) is 31.4 Å². The number of rotatable bonds is 9. The summed E-state index contributed by atoms with van der Waals surface area (Å²) in [6.07, 6.45) is 0. The van der Waals surface area contributed by atoms with Gasteiger partial charge in [-0.15, -0.1) is 0 Å². The maximum absolute atomic E-state index is 14.3. The fourth-order valence-electron chi connectivity index (χ4n) is 3.17. The Morgan fingerprint density at radius 1 is 0.970 bits per heavy atom. The summed E-state index contributed by atoms with van der Waals surface area (Å²) in [5.41, 5.74) is 1.48. The Balaban J connectivity index is 1.67. The number of sulfonamides is 1. The number of hydrogen-bond acceptors (Lipinski definition) is 6. The topological polar surface area (TPSA) is 90.7 Å². The van der Waals surface area contributed by atoms with Crippen LogP contribution in [0.25, 0.3) is 11.3 Å². The number of ether oxygens (including phenoxy) is 2. The Kier molecular flexibility index (Phi) is 6.71. The van der Waals surface area contributed by atoms with E-state index in [1.54, 1.807) is 24.3 Å². The molecule has 0 radical (unpaired) electrons. The van der Waals surface area contributed by atoms with Gasteiger partial charge in [0.05, 0.1) is 18.6 Å². The number of benzene rings is 3. The number of nitrogens with zero attached hydrogens (tertiary/aromatic N) is 1. The predicted molar refractivity (Wildman–Crippen MR) is 121 cm³/mol. The Labute approximate surface area is 190 Å². The standard InChI is InChI=1S/C24H21FN2O5S/c1-30-21-13-12-18(14-20(21)25)23-24(27-33(28,29)19-10-6-3-7-11-19)22(32-26-23)16-31-15-17-8-4-2-5-9-17/h2-14,27H,15-16H2,1H3. The van der Waals surface area contributed by atoms with Crippen molar-refractivity contribution in [3.63, 3.8) is 0 Å². The van der Waals surface area contributed by atoms with Crippen LogP contribution in [0.3, 0.4) is 0 Å². The van der Waals surface area contributed by atoms with Crippen LogP contribution in [0, 0.1) is 5.82 Å². The zero-order chi connectivity index (χ0) is 23.3. The van der Waals surface area contributed by atoms with Crippen molar-refractivity contribution >= 4 is 15.7 Å². The minimum atomic E-state index is -3.96. The molecule has 0 atom stereocenters. The van der Waals surface area contributed by atoms with E-state index in [4.69, 9.17) is 14.0 Å². The molecule has 0 aliphatic rings. The number of anilines is 1. The van der Waals surface area contributed by atoms with Crippen LogP contribution in [0.4, 0.5) is 10.1 Å². The van der Waals surface area contributed by atoms with Crippen molar-refractivity contribution < 1.29 is 26.8 Å². The molecule has 0 unspecified atom stereocenters. The van der Waals surface area contributed by atoms with Crippen LogP contribution in [0.1, 0.15) is 11.3 Å². The fourth-order valence-corrected chi connectivity index (χ4v) is 4.28. The molecular formula is C24H21FN2O5S. The summed E-state index contributed by atoms with van der Waals surface area (Å²) < 4.78 is 58.9. The second-order valence-corrected chi connectivity index (χ2v) is 8.76. The van der Waals surface area contributed by atoms with E-state index in [1.807, 2.05) is 30.3 Å². The first-order chi connectivity index (χ1) is 16.0. The zero-order valence-corrected chi connectivity index (χ0v) is 18.5. The molecule has 9 heteroatoms. The quantitative estimate of drug-likeness (QED) is 0.372. The number of nitrogens with one attached hydrogen (secondary N) is 1. The Morgan fingerprint density at radius 2 is 1.67 bits per heavy atom. The molecule has 1 aromatic heterocycles. The van der Waals surface area contributed by atoms with Gasteiger partial charge < -0.3 is 14.0 Å². The lowest BCUT2D eigenvalue weighted by Gasteiger charge is -2.10. The van der Waals surface area contributed by atoms with Crippen LogP contribution < -0.4 is 9.46 Å². The molecule has 0 amide bonds. The summed E-state index contributed by atoms with van der Waals surface area (Å²) in [5, 5.41) is 4.00. The van der Waals surface area contributed by atoms with Gasteiger partial charge in [0.2, 0.25) is 0 Å². The van der Waals surface area contributed by atoms with Crippen molar-refractivity contribution in [2.45, 2.75) is 18.1 Å². The maximum Gasteiger partial charge on any atom is 0.262 e. The molecule has 3 aromatic carbocycles. The summed E-state index contributed by atoms with van der Waals surface area (Å²) in [6, 6.07) is 21.6. The van der Waals surface area contributed by atoms with Gasteiger partial charge in [0, 0.05) is 5.56 Å². The van der Waals surface area contributed by atoms with Crippen molar-refractivity contribution in [3.8, 4) is 17.0 Å². The second-order valence-electron chi connectivity index (χ2n) is 7.08. The van der Waals surface area contributed by atoms with Crippen molar-refractivity contribution in [2.24, 2.45) is 0 Å². The molecule has 1 N–H and O–H groups in total. The van der Waals surface area contributed by atoms with Crippen LogP contribution in [-0.4, -0.2) is 20.7 Å². The van der Waals surface area contributed by atoms with Crippen molar-refractivity contribution in [3.05, 3.63) is 96.0 Å². The molecule has 0 fully saturated rings. The highest BCUT2D eigenvalue weighted by atomic mass is 32.2. The van der Waals surface area contributed by atoms with E-state index in [0.29, 0.717) is 12.2 Å². The van der Waals surface area contributed by atoms with Gasteiger partial charge >= 0.3 is 0 Å². The molecule has 1 heterocycles. The predicted octanol–water partition coefficient (Wildman–Crippen LogP) is 5.01. The van der Waals surface area contributed by atoms with Crippen molar-refractivity contribution in [1.29, 1.82) is 0 Å². The highest BCUT2D eigenvalue weighted by molar-refractivity contribution is 7.92. The van der Waals surface area contributed by atoms with Gasteiger partial charge in [0.1, 0.15) is 18.0 Å². The second kappa shape index (κ2) is 9.85. The fraction of sp³-hybridized carbons (Fsp3) is 0.125. The first-order valence-corrected chi connectivity index (χ1v) is 11.5. The van der Waals surface area contributed by atoms with Crippen LogP contribution in [-0.2, 0) is 28.0 Å². The van der Waals surface area contributed by atoms with Gasteiger partial charge in [0.25, 0.3) is 10.0 Å². The summed E-state index contributed by atoms with van der Waals surface area (Å²) in [7, 11) is -2.60. The van der Waals surface area contributed by atoms with Gasteiger partial charge in [-0.25, -0.2) is 12.8 Å². The molecule has 4 aromatic rings. The molecule has 7 nitrogen and oxygen atoms in total. The average molecular weight is 469 g/mol. The monoisotopic (exact) mass is 468 g/mol. The lowest BCUT2D eigenvalue weighted by molar-refractivity contribution is 0.0890. The number of hydrogen-bond donors (Lipinski definition) is 1. The van der Waals surface area contributed by atoms with Gasteiger partial charge in [-0.1, -0.05) is 53.7 Å². The third kappa shape index (κ3) is 5.21. The summed E-state index contributed by atoms with van der Waals surface area (Å²) in [5.74, 6) is -0.395. The van der Waals surface area contributed by atoms with E-state index in [9.17, 15) is 12.8 Å². The largest absolute Gasteiger partial charge is 0.494 e. The Hall–Kier alpha value is -3.69. The van der Waals surface area contributed by atoms with Crippen LogP contribution in [0.5, 0.6) is 5.75 Å². The van der Waals surface area contributed by atoms with E-state index < -0.39 is 15.8 Å². The van der Waals surface area contributed by atoms with E-state index >= 15 is 0 Å². The summed E-state index contributed by atoms with van der Waals surface area (Å²) in [6.45, 7) is 0.242. The molecule has 0 aliphatic heterocycles. The van der Waals surface area contributed by atoms with Crippen molar-refractivity contribution in [1.82, 2.24) is 5.16 Å². The molecular weight excluding hydrogens is 447 g/mol. The molecule has 0 saturated heterocycles. The normalized spacial score (nSPS) is 11.3. The minimum absolute atomic E-state index is 0.0484. The maximum atomic E-state index is 14.3. The SMILES string of the molecule is COc1ccc(-c2noc(COCc3ccccc3)c2NS(=O)(=O)c2ccccc2)cc1F. The first kappa shape index (κ1) is 22.5.